The molecule has 0 saturated carbocycles. The summed E-state index contributed by atoms with van der Waals surface area (Å²) in [6, 6.07) is 13.9. The van der Waals surface area contributed by atoms with Crippen LogP contribution in [-0.4, -0.2) is 20.4 Å². The van der Waals surface area contributed by atoms with Gasteiger partial charge in [0.2, 0.25) is 0 Å². The highest BCUT2D eigenvalue weighted by Gasteiger charge is 2.27. The van der Waals surface area contributed by atoms with Gasteiger partial charge in [-0.25, -0.2) is 4.57 Å². The molecule has 5 nitrogen and oxygen atoms in total. The fourth-order valence-electron chi connectivity index (χ4n) is 2.06. The van der Waals surface area contributed by atoms with Gasteiger partial charge in [0.05, 0.1) is 20.4 Å². The van der Waals surface area contributed by atoms with E-state index >= 15 is 0 Å². The fourth-order valence-corrected chi connectivity index (χ4v) is 3.87. The molecule has 0 radical (unpaired) electrons. The van der Waals surface area contributed by atoms with E-state index < -0.39 is 7.60 Å². The molecular formula is C18H23O5P. The summed E-state index contributed by atoms with van der Waals surface area (Å²) in [4.78, 5) is 0. The van der Waals surface area contributed by atoms with Gasteiger partial charge in [0.15, 0.2) is 0 Å². The van der Waals surface area contributed by atoms with Gasteiger partial charge in [-0.3, -0.25) is 0 Å². The quantitative estimate of drug-likeness (QED) is 0.585. The van der Waals surface area contributed by atoms with Crippen molar-refractivity contribution in [3.8, 4) is 23.0 Å². The molecule has 0 aliphatic heterocycles. The highest BCUT2D eigenvalue weighted by molar-refractivity contribution is 7.54. The summed E-state index contributed by atoms with van der Waals surface area (Å²) in [5.41, 5.74) is 0. The van der Waals surface area contributed by atoms with Crippen molar-refractivity contribution in [3.05, 3.63) is 48.5 Å². The molecule has 6 heteroatoms. The normalized spacial score (nSPS) is 11.0. The minimum atomic E-state index is -3.31. The highest BCUT2D eigenvalue weighted by atomic mass is 31.2. The lowest BCUT2D eigenvalue weighted by atomic mass is 10.3. The second kappa shape index (κ2) is 8.65. The van der Waals surface area contributed by atoms with Crippen molar-refractivity contribution in [2.24, 2.45) is 0 Å². The summed E-state index contributed by atoms with van der Waals surface area (Å²) >= 11 is 0. The van der Waals surface area contributed by atoms with E-state index in [9.17, 15) is 4.57 Å². The van der Waals surface area contributed by atoms with Crippen LogP contribution < -0.4 is 18.5 Å². The van der Waals surface area contributed by atoms with Gasteiger partial charge in [0.1, 0.15) is 23.0 Å². The molecule has 24 heavy (non-hydrogen) atoms. The van der Waals surface area contributed by atoms with E-state index in [0.717, 1.165) is 12.8 Å². The fraction of sp³-hybridized carbons (Fsp3) is 0.333. The van der Waals surface area contributed by atoms with Gasteiger partial charge in [-0.05, 0) is 55.0 Å². The largest absolute Gasteiger partial charge is 0.497 e. The SMILES string of the molecule is CCCCP(=O)(Oc1ccc(OC)cc1)Oc1ccc(OC)cc1. The van der Waals surface area contributed by atoms with Crippen molar-refractivity contribution in [3.63, 3.8) is 0 Å². The van der Waals surface area contributed by atoms with Gasteiger partial charge < -0.3 is 18.5 Å². The molecular weight excluding hydrogens is 327 g/mol. The summed E-state index contributed by atoms with van der Waals surface area (Å²) in [5, 5.41) is 0. The summed E-state index contributed by atoms with van der Waals surface area (Å²) in [5.74, 6) is 2.40. The molecule has 2 aromatic rings. The van der Waals surface area contributed by atoms with Crippen molar-refractivity contribution in [2.75, 3.05) is 20.4 Å². The Hall–Kier alpha value is -2.13. The summed E-state index contributed by atoms with van der Waals surface area (Å²) in [7, 11) is -0.124. The van der Waals surface area contributed by atoms with Crippen molar-refractivity contribution < 1.29 is 23.1 Å². The molecule has 0 bridgehead atoms. The molecule has 0 aromatic heterocycles. The smallest absolute Gasteiger partial charge is 0.430 e. The molecule has 2 aromatic carbocycles. The Labute approximate surface area is 143 Å². The van der Waals surface area contributed by atoms with Crippen LogP contribution in [0.4, 0.5) is 0 Å². The molecule has 0 atom stereocenters. The number of ether oxygens (including phenoxy) is 2. The van der Waals surface area contributed by atoms with E-state index in [1.54, 1.807) is 62.8 Å². The minimum absolute atomic E-state index is 0.349. The van der Waals surface area contributed by atoms with Gasteiger partial charge in [-0.1, -0.05) is 13.3 Å². The van der Waals surface area contributed by atoms with E-state index in [-0.39, 0.29) is 0 Å². The third-order valence-corrected chi connectivity index (χ3v) is 5.24. The van der Waals surface area contributed by atoms with Crippen molar-refractivity contribution >= 4 is 7.60 Å². The molecule has 130 valence electrons. The van der Waals surface area contributed by atoms with Crippen LogP contribution in [0.5, 0.6) is 23.0 Å². The Morgan fingerprint density at radius 2 is 1.12 bits per heavy atom. The highest BCUT2D eigenvalue weighted by Crippen LogP contribution is 2.49. The summed E-state index contributed by atoms with van der Waals surface area (Å²) < 4.78 is 34.8. The molecule has 0 saturated heterocycles. The minimum Gasteiger partial charge on any atom is -0.497 e. The molecule has 0 aliphatic carbocycles. The molecule has 0 amide bonds. The molecule has 0 unspecified atom stereocenters. The first-order chi connectivity index (χ1) is 11.6. The van der Waals surface area contributed by atoms with Gasteiger partial charge >= 0.3 is 7.60 Å². The van der Waals surface area contributed by atoms with E-state index in [1.165, 1.54) is 0 Å². The number of hydrogen-bond donors (Lipinski definition) is 0. The molecule has 0 heterocycles. The van der Waals surface area contributed by atoms with Crippen LogP contribution in [0.15, 0.2) is 48.5 Å². The van der Waals surface area contributed by atoms with Crippen LogP contribution in [0.2, 0.25) is 0 Å². The van der Waals surface area contributed by atoms with E-state index in [4.69, 9.17) is 18.5 Å². The third-order valence-electron chi connectivity index (χ3n) is 3.39. The van der Waals surface area contributed by atoms with Gasteiger partial charge in [-0.2, -0.15) is 0 Å². The maximum atomic E-state index is 13.1. The zero-order chi connectivity index (χ0) is 17.4. The second-order valence-electron chi connectivity index (χ2n) is 5.22. The van der Waals surface area contributed by atoms with E-state index in [2.05, 4.69) is 0 Å². The molecule has 0 N–H and O–H groups in total. The second-order valence-corrected chi connectivity index (χ2v) is 7.26. The van der Waals surface area contributed by atoms with Gasteiger partial charge in [-0.15, -0.1) is 0 Å². The zero-order valence-corrected chi connectivity index (χ0v) is 15.1. The van der Waals surface area contributed by atoms with Gasteiger partial charge in [0, 0.05) is 0 Å². The third kappa shape index (κ3) is 5.20. The number of methoxy groups -OCH3 is 2. The molecule has 0 spiro atoms. The first-order valence-electron chi connectivity index (χ1n) is 7.85. The Morgan fingerprint density at radius 3 is 1.46 bits per heavy atom. The predicted octanol–water partition coefficient (Wildman–Crippen LogP) is 5.15. The Kier molecular flexibility index (Phi) is 6.56. The maximum absolute atomic E-state index is 13.1. The Morgan fingerprint density at radius 1 is 0.750 bits per heavy atom. The lowest BCUT2D eigenvalue weighted by molar-refractivity contribution is 0.381. The lowest BCUT2D eigenvalue weighted by Crippen LogP contribution is -2.05. The molecule has 2 rings (SSSR count). The van der Waals surface area contributed by atoms with E-state index in [0.29, 0.717) is 29.2 Å². The number of unbranched alkanes of at least 4 members (excludes halogenated alkanes) is 1. The predicted molar refractivity (Wildman–Crippen MR) is 94.6 cm³/mol. The van der Waals surface area contributed by atoms with Crippen LogP contribution in [0.3, 0.4) is 0 Å². The zero-order valence-electron chi connectivity index (χ0n) is 14.2. The molecule has 0 fully saturated rings. The van der Waals surface area contributed by atoms with Crippen molar-refractivity contribution in [2.45, 2.75) is 19.8 Å². The number of hydrogen-bond acceptors (Lipinski definition) is 5. The number of rotatable bonds is 9. The van der Waals surface area contributed by atoms with Crippen LogP contribution in [-0.2, 0) is 4.57 Å². The average Bonchev–Trinajstić information content (AvgIpc) is 2.61. The first kappa shape index (κ1) is 18.2. The average molecular weight is 350 g/mol. The Balaban J connectivity index is 2.15. The monoisotopic (exact) mass is 350 g/mol. The topological polar surface area (TPSA) is 54.0 Å². The van der Waals surface area contributed by atoms with Crippen LogP contribution >= 0.6 is 7.60 Å². The van der Waals surface area contributed by atoms with Crippen molar-refractivity contribution in [1.29, 1.82) is 0 Å². The van der Waals surface area contributed by atoms with E-state index in [1.807, 2.05) is 6.92 Å². The maximum Gasteiger partial charge on any atom is 0.430 e. The lowest BCUT2D eigenvalue weighted by Gasteiger charge is -2.20. The summed E-state index contributed by atoms with van der Waals surface area (Å²) in [6.07, 6.45) is 2.01. The Bertz CT molecular complexity index is 613. The first-order valence-corrected chi connectivity index (χ1v) is 9.57. The van der Waals surface area contributed by atoms with Gasteiger partial charge in [0.25, 0.3) is 0 Å². The molecule has 0 aliphatic rings. The summed E-state index contributed by atoms with van der Waals surface area (Å²) in [6.45, 7) is 2.03. The van der Waals surface area contributed by atoms with Crippen LogP contribution in [0, 0.1) is 0 Å². The van der Waals surface area contributed by atoms with Crippen LogP contribution in [0.25, 0.3) is 0 Å². The van der Waals surface area contributed by atoms with Crippen molar-refractivity contribution in [1.82, 2.24) is 0 Å². The van der Waals surface area contributed by atoms with Crippen LogP contribution in [0.1, 0.15) is 19.8 Å². The number of benzene rings is 2. The standard InChI is InChI=1S/C18H23O5P/c1-4-5-14-24(19,22-17-10-6-15(20-2)7-11-17)23-18-12-8-16(21-3)9-13-18/h6-13H,4-5,14H2,1-3H3.